The van der Waals surface area contributed by atoms with Gasteiger partial charge in [0.1, 0.15) is 0 Å². The summed E-state index contributed by atoms with van der Waals surface area (Å²) in [6, 6.07) is 3.93. The van der Waals surface area contributed by atoms with Crippen LogP contribution in [0.4, 0.5) is 5.13 Å². The molecule has 17 heavy (non-hydrogen) atoms. The van der Waals surface area contributed by atoms with Crippen molar-refractivity contribution in [2.45, 2.75) is 13.5 Å². The summed E-state index contributed by atoms with van der Waals surface area (Å²) in [6.07, 6.45) is 4.44. The van der Waals surface area contributed by atoms with Crippen LogP contribution < -0.4 is 4.90 Å². The zero-order valence-electron chi connectivity index (χ0n) is 9.75. The summed E-state index contributed by atoms with van der Waals surface area (Å²) < 4.78 is 0. The molecule has 0 aliphatic rings. The van der Waals surface area contributed by atoms with Crippen molar-refractivity contribution < 1.29 is 4.79 Å². The number of anilines is 1. The standard InChI is InChI=1S/C12H13N3OS/c1-9-11(8-16)17-12(14-9)15(2)7-10-4-3-5-13-6-10/h3-6,8H,7H2,1-2H3. The van der Waals surface area contributed by atoms with Crippen LogP contribution in [0.5, 0.6) is 0 Å². The van der Waals surface area contributed by atoms with Crippen molar-refractivity contribution >= 4 is 22.8 Å². The predicted molar refractivity (Wildman–Crippen MR) is 68.6 cm³/mol. The monoisotopic (exact) mass is 247 g/mol. The second-order valence-corrected chi connectivity index (χ2v) is 4.79. The fraction of sp³-hybridized carbons (Fsp3) is 0.250. The number of carbonyl (C=O) groups excluding carboxylic acids is 1. The van der Waals surface area contributed by atoms with Gasteiger partial charge in [0, 0.05) is 26.0 Å². The Balaban J connectivity index is 2.14. The van der Waals surface area contributed by atoms with Gasteiger partial charge in [0.05, 0.1) is 10.6 Å². The van der Waals surface area contributed by atoms with Crippen LogP contribution in [0.2, 0.25) is 0 Å². The molecule has 2 aromatic rings. The highest BCUT2D eigenvalue weighted by Crippen LogP contribution is 2.24. The van der Waals surface area contributed by atoms with Crippen molar-refractivity contribution in [1.82, 2.24) is 9.97 Å². The van der Waals surface area contributed by atoms with E-state index in [9.17, 15) is 4.79 Å². The Morgan fingerprint density at radius 1 is 1.53 bits per heavy atom. The number of rotatable bonds is 4. The number of carbonyl (C=O) groups is 1. The van der Waals surface area contributed by atoms with Gasteiger partial charge in [-0.2, -0.15) is 0 Å². The van der Waals surface area contributed by atoms with Crippen LogP contribution in [-0.2, 0) is 6.54 Å². The van der Waals surface area contributed by atoms with E-state index in [2.05, 4.69) is 9.97 Å². The van der Waals surface area contributed by atoms with Gasteiger partial charge in [-0.3, -0.25) is 9.78 Å². The van der Waals surface area contributed by atoms with Gasteiger partial charge < -0.3 is 4.90 Å². The molecule has 0 N–H and O–H groups in total. The molecule has 0 atom stereocenters. The number of hydrogen-bond donors (Lipinski definition) is 0. The van der Waals surface area contributed by atoms with Crippen molar-refractivity contribution in [3.05, 3.63) is 40.7 Å². The zero-order chi connectivity index (χ0) is 12.3. The molecule has 4 nitrogen and oxygen atoms in total. The minimum atomic E-state index is 0.693. The first-order valence-corrected chi connectivity index (χ1v) is 6.05. The van der Waals surface area contributed by atoms with E-state index in [1.165, 1.54) is 11.3 Å². The molecule has 0 aromatic carbocycles. The molecule has 2 heterocycles. The first-order chi connectivity index (χ1) is 8.20. The van der Waals surface area contributed by atoms with Crippen LogP contribution >= 0.6 is 11.3 Å². The molecule has 0 amide bonds. The van der Waals surface area contributed by atoms with Crippen LogP contribution in [-0.4, -0.2) is 23.3 Å². The Morgan fingerprint density at radius 3 is 2.94 bits per heavy atom. The number of thiazole rings is 1. The van der Waals surface area contributed by atoms with Crippen LogP contribution in [0.25, 0.3) is 0 Å². The number of aldehydes is 1. The first kappa shape index (κ1) is 11.7. The first-order valence-electron chi connectivity index (χ1n) is 5.23. The second-order valence-electron chi connectivity index (χ2n) is 3.78. The minimum absolute atomic E-state index is 0.693. The van der Waals surface area contributed by atoms with Crippen molar-refractivity contribution in [2.75, 3.05) is 11.9 Å². The largest absolute Gasteiger partial charge is 0.347 e. The Kier molecular flexibility index (Phi) is 3.49. The summed E-state index contributed by atoms with van der Waals surface area (Å²) in [6.45, 7) is 2.58. The normalized spacial score (nSPS) is 10.2. The SMILES string of the molecule is Cc1nc(N(C)Cc2cccnc2)sc1C=O. The van der Waals surface area contributed by atoms with Crippen LogP contribution in [0.15, 0.2) is 24.5 Å². The Morgan fingerprint density at radius 2 is 2.35 bits per heavy atom. The summed E-state index contributed by atoms with van der Waals surface area (Å²) in [7, 11) is 1.96. The fourth-order valence-corrected chi connectivity index (χ4v) is 2.34. The minimum Gasteiger partial charge on any atom is -0.347 e. The highest BCUT2D eigenvalue weighted by Gasteiger charge is 2.10. The lowest BCUT2D eigenvalue weighted by Crippen LogP contribution is -2.16. The fourth-order valence-electron chi connectivity index (χ4n) is 1.50. The van der Waals surface area contributed by atoms with E-state index < -0.39 is 0 Å². The maximum absolute atomic E-state index is 10.8. The average molecular weight is 247 g/mol. The summed E-state index contributed by atoms with van der Waals surface area (Å²) in [5.41, 5.74) is 1.91. The molecule has 0 bridgehead atoms. The number of pyridine rings is 1. The topological polar surface area (TPSA) is 46.1 Å². The smallest absolute Gasteiger partial charge is 0.186 e. The highest BCUT2D eigenvalue weighted by atomic mass is 32.1. The molecule has 0 aliphatic heterocycles. The molecular weight excluding hydrogens is 234 g/mol. The number of aromatic nitrogens is 2. The lowest BCUT2D eigenvalue weighted by Gasteiger charge is -2.15. The van der Waals surface area contributed by atoms with E-state index in [4.69, 9.17) is 0 Å². The summed E-state index contributed by atoms with van der Waals surface area (Å²) >= 11 is 1.41. The molecule has 0 radical (unpaired) electrons. The quantitative estimate of drug-likeness (QED) is 0.778. The van der Waals surface area contributed by atoms with Crippen LogP contribution in [0.3, 0.4) is 0 Å². The molecule has 2 rings (SSSR count). The number of hydrogen-bond acceptors (Lipinski definition) is 5. The van der Waals surface area contributed by atoms with Crippen LogP contribution in [0.1, 0.15) is 20.9 Å². The Bertz CT molecular complexity index is 510. The summed E-state index contributed by atoms with van der Waals surface area (Å²) in [4.78, 5) is 21.9. The Hall–Kier alpha value is -1.75. The third kappa shape index (κ3) is 2.68. The van der Waals surface area contributed by atoms with Crippen molar-refractivity contribution in [2.24, 2.45) is 0 Å². The van der Waals surface area contributed by atoms with Crippen molar-refractivity contribution in [3.63, 3.8) is 0 Å². The Labute approximate surface area is 104 Å². The van der Waals surface area contributed by atoms with Crippen molar-refractivity contribution in [1.29, 1.82) is 0 Å². The average Bonchev–Trinajstić information content (AvgIpc) is 2.72. The predicted octanol–water partition coefficient (Wildman–Crippen LogP) is 2.30. The molecular formula is C12H13N3OS. The number of nitrogens with zero attached hydrogens (tertiary/aromatic N) is 3. The second kappa shape index (κ2) is 5.05. The van der Waals surface area contributed by atoms with E-state index >= 15 is 0 Å². The third-order valence-electron chi connectivity index (χ3n) is 2.40. The summed E-state index contributed by atoms with van der Waals surface area (Å²) in [5, 5.41) is 0.855. The van der Waals surface area contributed by atoms with Crippen molar-refractivity contribution in [3.8, 4) is 0 Å². The van der Waals surface area contributed by atoms with Gasteiger partial charge in [0.2, 0.25) is 0 Å². The maximum Gasteiger partial charge on any atom is 0.186 e. The molecule has 0 saturated carbocycles. The van der Waals surface area contributed by atoms with E-state index in [0.29, 0.717) is 4.88 Å². The molecule has 0 fully saturated rings. The van der Waals surface area contributed by atoms with E-state index in [-0.39, 0.29) is 0 Å². The number of aryl methyl sites for hydroxylation is 1. The lowest BCUT2D eigenvalue weighted by atomic mass is 10.3. The van der Waals surface area contributed by atoms with E-state index in [0.717, 1.165) is 29.2 Å². The van der Waals surface area contributed by atoms with Gasteiger partial charge in [-0.25, -0.2) is 4.98 Å². The maximum atomic E-state index is 10.8. The lowest BCUT2D eigenvalue weighted by molar-refractivity contribution is 0.112. The van der Waals surface area contributed by atoms with Gasteiger partial charge in [-0.05, 0) is 18.6 Å². The molecule has 0 unspecified atom stereocenters. The van der Waals surface area contributed by atoms with Gasteiger partial charge >= 0.3 is 0 Å². The van der Waals surface area contributed by atoms with Gasteiger partial charge in [-0.15, -0.1) is 0 Å². The van der Waals surface area contributed by atoms with Gasteiger partial charge in [0.15, 0.2) is 11.4 Å². The highest BCUT2D eigenvalue weighted by molar-refractivity contribution is 7.17. The third-order valence-corrected chi connectivity index (χ3v) is 3.59. The molecule has 0 spiro atoms. The summed E-state index contributed by atoms with van der Waals surface area (Å²) in [5.74, 6) is 0. The van der Waals surface area contributed by atoms with Crippen LogP contribution in [0, 0.1) is 6.92 Å². The van der Waals surface area contributed by atoms with E-state index in [1.54, 1.807) is 6.20 Å². The van der Waals surface area contributed by atoms with E-state index in [1.807, 2.05) is 37.2 Å². The van der Waals surface area contributed by atoms with Gasteiger partial charge in [-0.1, -0.05) is 17.4 Å². The zero-order valence-corrected chi connectivity index (χ0v) is 10.6. The van der Waals surface area contributed by atoms with Gasteiger partial charge in [0.25, 0.3) is 0 Å². The molecule has 2 aromatic heterocycles. The molecule has 0 aliphatic carbocycles. The molecule has 88 valence electrons. The molecule has 0 saturated heterocycles. The molecule has 5 heteroatoms.